The topological polar surface area (TPSA) is 75.4 Å². The number of carboxylic acids is 1. The number of benzene rings is 1. The van der Waals surface area contributed by atoms with Crippen LogP contribution >= 0.6 is 23.2 Å². The van der Waals surface area contributed by atoms with Crippen LogP contribution in [0.4, 0.5) is 11.7 Å². The molecule has 1 aromatic carbocycles. The molecule has 1 aromatic heterocycles. The highest BCUT2D eigenvalue weighted by Gasteiger charge is 2.11. The number of rotatable bonds is 3. The van der Waals surface area contributed by atoms with Gasteiger partial charge >= 0.3 is 5.97 Å². The first-order chi connectivity index (χ1) is 8.06. The Morgan fingerprint density at radius 1 is 1.41 bits per heavy atom. The summed E-state index contributed by atoms with van der Waals surface area (Å²) in [7, 11) is 0. The maximum atomic E-state index is 10.6. The van der Waals surface area contributed by atoms with Crippen LogP contribution in [0.25, 0.3) is 0 Å². The normalized spacial score (nSPS) is 10.2. The van der Waals surface area contributed by atoms with Crippen LogP contribution < -0.4 is 5.32 Å². The molecule has 1 heterocycles. The molecule has 5 nitrogen and oxygen atoms in total. The number of carbonyl (C=O) groups is 1. The van der Waals surface area contributed by atoms with Crippen molar-refractivity contribution in [3.8, 4) is 0 Å². The monoisotopic (exact) mass is 272 g/mol. The SMILES string of the molecule is O=C(O)c1coc(Nc2cc(Cl)ccc2Cl)n1. The van der Waals surface area contributed by atoms with Gasteiger partial charge in [-0.1, -0.05) is 23.2 Å². The highest BCUT2D eigenvalue weighted by atomic mass is 35.5. The molecule has 0 aliphatic rings. The van der Waals surface area contributed by atoms with Crippen molar-refractivity contribution in [3.05, 3.63) is 40.2 Å². The van der Waals surface area contributed by atoms with Crippen molar-refractivity contribution in [2.45, 2.75) is 0 Å². The van der Waals surface area contributed by atoms with Crippen molar-refractivity contribution in [1.29, 1.82) is 0 Å². The molecule has 2 rings (SSSR count). The summed E-state index contributed by atoms with van der Waals surface area (Å²) < 4.78 is 4.92. The first-order valence-electron chi connectivity index (χ1n) is 4.47. The van der Waals surface area contributed by atoms with E-state index in [4.69, 9.17) is 32.7 Å². The average molecular weight is 273 g/mol. The molecule has 0 bridgehead atoms. The molecule has 0 atom stereocenters. The van der Waals surface area contributed by atoms with Crippen LogP contribution in [-0.4, -0.2) is 16.1 Å². The Labute approximate surface area is 106 Å². The van der Waals surface area contributed by atoms with Crippen molar-refractivity contribution in [2.24, 2.45) is 0 Å². The third-order valence-electron chi connectivity index (χ3n) is 1.89. The summed E-state index contributed by atoms with van der Waals surface area (Å²) in [6, 6.07) is 4.85. The Morgan fingerprint density at radius 3 is 2.82 bits per heavy atom. The van der Waals surface area contributed by atoms with Crippen LogP contribution in [0.15, 0.2) is 28.9 Å². The zero-order valence-electron chi connectivity index (χ0n) is 8.28. The lowest BCUT2D eigenvalue weighted by atomic mass is 10.3. The van der Waals surface area contributed by atoms with Crippen LogP contribution in [0, 0.1) is 0 Å². The van der Waals surface area contributed by atoms with Crippen molar-refractivity contribution < 1.29 is 14.3 Å². The van der Waals surface area contributed by atoms with Crippen LogP contribution in [0.3, 0.4) is 0 Å². The van der Waals surface area contributed by atoms with Gasteiger partial charge in [-0.05, 0) is 18.2 Å². The summed E-state index contributed by atoms with van der Waals surface area (Å²) in [5.74, 6) is -1.17. The Hall–Kier alpha value is -1.72. The van der Waals surface area contributed by atoms with Crippen molar-refractivity contribution in [2.75, 3.05) is 5.32 Å². The molecule has 0 spiro atoms. The van der Waals surface area contributed by atoms with Crippen LogP contribution in [-0.2, 0) is 0 Å². The van der Waals surface area contributed by atoms with E-state index in [-0.39, 0.29) is 11.7 Å². The number of anilines is 2. The van der Waals surface area contributed by atoms with Gasteiger partial charge in [0.1, 0.15) is 6.26 Å². The highest BCUT2D eigenvalue weighted by Crippen LogP contribution is 2.28. The zero-order valence-corrected chi connectivity index (χ0v) is 9.79. The fourth-order valence-electron chi connectivity index (χ4n) is 1.14. The van der Waals surface area contributed by atoms with Gasteiger partial charge in [-0.2, -0.15) is 4.98 Å². The summed E-state index contributed by atoms with van der Waals surface area (Å²) in [6.07, 6.45) is 1.03. The number of aromatic carboxylic acids is 1. The molecular formula is C10H6Cl2N2O3. The van der Waals surface area contributed by atoms with E-state index in [1.807, 2.05) is 0 Å². The molecule has 2 aromatic rings. The molecule has 17 heavy (non-hydrogen) atoms. The molecule has 7 heteroatoms. The molecule has 0 unspecified atom stereocenters. The maximum absolute atomic E-state index is 10.6. The van der Waals surface area contributed by atoms with Gasteiger partial charge in [0, 0.05) is 5.02 Å². The maximum Gasteiger partial charge on any atom is 0.357 e. The second kappa shape index (κ2) is 4.65. The second-order valence-electron chi connectivity index (χ2n) is 3.09. The lowest BCUT2D eigenvalue weighted by Crippen LogP contribution is -1.97. The second-order valence-corrected chi connectivity index (χ2v) is 3.94. The van der Waals surface area contributed by atoms with E-state index < -0.39 is 5.97 Å². The predicted molar refractivity (Wildman–Crippen MR) is 63.2 cm³/mol. The number of hydrogen-bond acceptors (Lipinski definition) is 4. The summed E-state index contributed by atoms with van der Waals surface area (Å²) in [5, 5.41) is 12.3. The quantitative estimate of drug-likeness (QED) is 0.896. The fourth-order valence-corrected chi connectivity index (χ4v) is 1.47. The Kier molecular flexibility index (Phi) is 3.21. The molecule has 0 amide bonds. The van der Waals surface area contributed by atoms with Crippen molar-refractivity contribution in [3.63, 3.8) is 0 Å². The number of carboxylic acid groups (broad SMARTS) is 1. The van der Waals surface area contributed by atoms with Gasteiger partial charge in [0.2, 0.25) is 0 Å². The van der Waals surface area contributed by atoms with E-state index in [2.05, 4.69) is 10.3 Å². The molecule has 0 saturated carbocycles. The van der Waals surface area contributed by atoms with Crippen LogP contribution in [0.5, 0.6) is 0 Å². The largest absolute Gasteiger partial charge is 0.476 e. The third kappa shape index (κ3) is 2.69. The molecule has 0 fully saturated rings. The van der Waals surface area contributed by atoms with Gasteiger partial charge in [-0.15, -0.1) is 0 Å². The van der Waals surface area contributed by atoms with Gasteiger partial charge in [-0.3, -0.25) is 0 Å². The minimum Gasteiger partial charge on any atom is -0.476 e. The van der Waals surface area contributed by atoms with E-state index in [1.165, 1.54) is 0 Å². The van der Waals surface area contributed by atoms with Crippen LogP contribution in [0.2, 0.25) is 10.0 Å². The summed E-state index contributed by atoms with van der Waals surface area (Å²) in [4.78, 5) is 14.3. The Balaban J connectivity index is 2.25. The summed E-state index contributed by atoms with van der Waals surface area (Å²) >= 11 is 11.7. The zero-order chi connectivity index (χ0) is 12.4. The van der Waals surface area contributed by atoms with Gasteiger partial charge in [0.25, 0.3) is 6.01 Å². The molecule has 0 radical (unpaired) electrons. The minimum absolute atomic E-state index is 0.0339. The van der Waals surface area contributed by atoms with E-state index >= 15 is 0 Å². The predicted octanol–water partition coefficient (Wildman–Crippen LogP) is 3.42. The molecule has 2 N–H and O–H groups in total. The Morgan fingerprint density at radius 2 is 2.18 bits per heavy atom. The standard InChI is InChI=1S/C10H6Cl2N2O3/c11-5-1-2-6(12)7(3-5)13-10-14-8(4-17-10)9(15)16/h1-4H,(H,13,14)(H,15,16). The minimum atomic E-state index is -1.17. The molecule has 0 aliphatic heterocycles. The third-order valence-corrected chi connectivity index (χ3v) is 2.46. The summed E-state index contributed by atoms with van der Waals surface area (Å²) in [6.45, 7) is 0. The van der Waals surface area contributed by atoms with E-state index in [9.17, 15) is 4.79 Å². The number of halogens is 2. The van der Waals surface area contributed by atoms with Gasteiger partial charge in [-0.25, -0.2) is 4.79 Å². The summed E-state index contributed by atoms with van der Waals surface area (Å²) in [5.41, 5.74) is 0.295. The molecule has 0 saturated heterocycles. The van der Waals surface area contributed by atoms with Gasteiger partial charge < -0.3 is 14.8 Å². The lowest BCUT2D eigenvalue weighted by molar-refractivity contribution is 0.0690. The number of nitrogens with one attached hydrogen (secondary N) is 1. The first-order valence-corrected chi connectivity index (χ1v) is 5.23. The number of aromatic nitrogens is 1. The Bertz CT molecular complexity index is 568. The number of hydrogen-bond donors (Lipinski definition) is 2. The highest BCUT2D eigenvalue weighted by molar-refractivity contribution is 6.35. The molecule has 0 aliphatic carbocycles. The first kappa shape index (κ1) is 11.8. The average Bonchev–Trinajstić information content (AvgIpc) is 2.72. The van der Waals surface area contributed by atoms with Gasteiger partial charge in [0.15, 0.2) is 5.69 Å². The van der Waals surface area contributed by atoms with E-state index in [0.717, 1.165) is 6.26 Å². The fraction of sp³-hybridized carbons (Fsp3) is 0. The molecular weight excluding hydrogens is 267 g/mol. The van der Waals surface area contributed by atoms with Gasteiger partial charge in [0.05, 0.1) is 10.7 Å². The smallest absolute Gasteiger partial charge is 0.357 e. The van der Waals surface area contributed by atoms with Crippen LogP contribution in [0.1, 0.15) is 10.5 Å². The van der Waals surface area contributed by atoms with Crippen molar-refractivity contribution in [1.82, 2.24) is 4.98 Å². The number of oxazole rings is 1. The van der Waals surface area contributed by atoms with Crippen molar-refractivity contribution >= 4 is 40.9 Å². The van der Waals surface area contributed by atoms with E-state index in [1.54, 1.807) is 18.2 Å². The lowest BCUT2D eigenvalue weighted by Gasteiger charge is -2.04. The van der Waals surface area contributed by atoms with E-state index in [0.29, 0.717) is 15.7 Å². The molecule has 88 valence electrons. The number of nitrogens with zero attached hydrogens (tertiary/aromatic N) is 1.